The second-order valence-electron chi connectivity index (χ2n) is 6.17. The van der Waals surface area contributed by atoms with Gasteiger partial charge in [-0.2, -0.15) is 0 Å². The molecule has 2 aromatic carbocycles. The average molecular weight is 376 g/mol. The first kappa shape index (κ1) is 19.9. The topological polar surface area (TPSA) is 33.5 Å². The number of rotatable bonds is 9. The van der Waals surface area contributed by atoms with Crippen molar-refractivity contribution in [1.82, 2.24) is 5.32 Å². The molecule has 25 heavy (non-hydrogen) atoms. The van der Waals surface area contributed by atoms with Crippen LogP contribution >= 0.6 is 23.5 Å². The smallest absolute Gasteiger partial charge is 0.275 e. The van der Waals surface area contributed by atoms with Gasteiger partial charge in [0.1, 0.15) is 6.54 Å². The molecule has 0 heterocycles. The Bertz CT molecular complexity index is 656. The van der Waals surface area contributed by atoms with Crippen LogP contribution in [0, 0.1) is 6.92 Å². The molecule has 5 heteroatoms. The summed E-state index contributed by atoms with van der Waals surface area (Å²) in [6.07, 6.45) is 2.08. The Labute approximate surface area is 159 Å². The minimum atomic E-state index is 0.114. The Morgan fingerprint density at radius 3 is 2.32 bits per heavy atom. The third-order valence-electron chi connectivity index (χ3n) is 3.84. The van der Waals surface area contributed by atoms with Crippen molar-refractivity contribution in [3.63, 3.8) is 0 Å². The molecule has 2 rings (SSSR count). The van der Waals surface area contributed by atoms with Crippen molar-refractivity contribution >= 4 is 29.4 Å². The molecule has 0 aliphatic carbocycles. The number of aryl methyl sites for hydroxylation is 1. The molecule has 134 valence electrons. The van der Waals surface area contributed by atoms with Crippen molar-refractivity contribution in [2.24, 2.45) is 0 Å². The normalized spacial score (nSPS) is 12.0. The molecule has 0 saturated heterocycles. The number of quaternary nitrogens is 1. The van der Waals surface area contributed by atoms with Crippen LogP contribution in [0.25, 0.3) is 0 Å². The van der Waals surface area contributed by atoms with E-state index >= 15 is 0 Å². The molecule has 0 aromatic heterocycles. The highest BCUT2D eigenvalue weighted by Gasteiger charge is 2.10. The molecule has 3 nitrogen and oxygen atoms in total. The van der Waals surface area contributed by atoms with Gasteiger partial charge in [0.25, 0.3) is 5.91 Å². The Balaban J connectivity index is 1.64. The Morgan fingerprint density at radius 1 is 1.04 bits per heavy atom. The van der Waals surface area contributed by atoms with E-state index in [4.69, 9.17) is 0 Å². The first-order chi connectivity index (χ1) is 12.1. The van der Waals surface area contributed by atoms with Gasteiger partial charge in [-0.25, -0.2) is 0 Å². The van der Waals surface area contributed by atoms with Gasteiger partial charge in [0.2, 0.25) is 0 Å². The largest absolute Gasteiger partial charge is 0.350 e. The fraction of sp³-hybridized carbons (Fsp3) is 0.350. The van der Waals surface area contributed by atoms with E-state index in [9.17, 15) is 4.79 Å². The van der Waals surface area contributed by atoms with Gasteiger partial charge in [0.15, 0.2) is 6.54 Å². The molecule has 1 amide bonds. The summed E-state index contributed by atoms with van der Waals surface area (Å²) in [6.45, 7) is 4.15. The Hall–Kier alpha value is -1.43. The van der Waals surface area contributed by atoms with Crippen LogP contribution in [0.4, 0.5) is 0 Å². The van der Waals surface area contributed by atoms with Gasteiger partial charge in [-0.1, -0.05) is 29.8 Å². The number of thioether (sulfide) groups is 2. The molecule has 1 unspecified atom stereocenters. The van der Waals surface area contributed by atoms with E-state index in [1.54, 1.807) is 23.5 Å². The van der Waals surface area contributed by atoms with Gasteiger partial charge in [0.05, 0.1) is 7.05 Å². The van der Waals surface area contributed by atoms with Crippen molar-refractivity contribution in [3.05, 3.63) is 59.7 Å². The molecule has 0 radical (unpaired) electrons. The van der Waals surface area contributed by atoms with Gasteiger partial charge in [-0.05, 0) is 37.4 Å². The van der Waals surface area contributed by atoms with Crippen LogP contribution < -0.4 is 10.2 Å². The van der Waals surface area contributed by atoms with Crippen LogP contribution in [0.5, 0.6) is 0 Å². The van der Waals surface area contributed by atoms with Gasteiger partial charge in [0, 0.05) is 27.7 Å². The van der Waals surface area contributed by atoms with E-state index in [2.05, 4.69) is 74.1 Å². The van der Waals surface area contributed by atoms with Crippen molar-refractivity contribution in [3.8, 4) is 0 Å². The molecular formula is C20H27N2OS2+. The molecule has 2 N–H and O–H groups in total. The lowest BCUT2D eigenvalue weighted by Crippen LogP contribution is -3.08. The third kappa shape index (κ3) is 7.55. The maximum atomic E-state index is 12.1. The first-order valence-corrected chi connectivity index (χ1v) is 10.7. The molecule has 0 saturated carbocycles. The lowest BCUT2D eigenvalue weighted by molar-refractivity contribution is -0.885. The zero-order valence-corrected chi connectivity index (χ0v) is 16.8. The summed E-state index contributed by atoms with van der Waals surface area (Å²) in [7, 11) is 2.06. The predicted octanol–water partition coefficient (Wildman–Crippen LogP) is 2.64. The average Bonchev–Trinajstić information content (AvgIpc) is 2.61. The number of amides is 1. The number of carbonyl (C=O) groups excluding carboxylic acids is 1. The SMILES string of the molecule is CSc1ccc(C[NH+](C)CC(=O)NCCSc2ccc(C)cc2)cc1. The highest BCUT2D eigenvalue weighted by molar-refractivity contribution is 7.99. The second-order valence-corrected chi connectivity index (χ2v) is 8.22. The number of nitrogens with one attached hydrogen (secondary N) is 2. The number of carbonyl (C=O) groups is 1. The van der Waals surface area contributed by atoms with Crippen LogP contribution in [0.1, 0.15) is 11.1 Å². The fourth-order valence-corrected chi connectivity index (χ4v) is 3.66. The van der Waals surface area contributed by atoms with Gasteiger partial charge < -0.3 is 10.2 Å². The summed E-state index contributed by atoms with van der Waals surface area (Å²) in [5, 5.41) is 3.02. The second kappa shape index (κ2) is 10.5. The molecule has 0 aliphatic rings. The summed E-state index contributed by atoms with van der Waals surface area (Å²) in [6, 6.07) is 17.0. The molecule has 0 fully saturated rings. The highest BCUT2D eigenvalue weighted by Crippen LogP contribution is 2.17. The first-order valence-electron chi connectivity index (χ1n) is 8.47. The molecule has 0 bridgehead atoms. The van der Waals surface area contributed by atoms with Crippen molar-refractivity contribution in [1.29, 1.82) is 0 Å². The summed E-state index contributed by atoms with van der Waals surface area (Å²) >= 11 is 3.52. The lowest BCUT2D eigenvalue weighted by Gasteiger charge is -2.14. The molecule has 0 spiro atoms. The quantitative estimate of drug-likeness (QED) is 0.522. The van der Waals surface area contributed by atoms with Gasteiger partial charge in [-0.15, -0.1) is 23.5 Å². The Morgan fingerprint density at radius 2 is 1.68 bits per heavy atom. The summed E-state index contributed by atoms with van der Waals surface area (Å²) in [4.78, 5) is 15.8. The van der Waals surface area contributed by atoms with Crippen molar-refractivity contribution in [2.45, 2.75) is 23.3 Å². The van der Waals surface area contributed by atoms with Crippen molar-refractivity contribution in [2.75, 3.05) is 32.1 Å². The minimum Gasteiger partial charge on any atom is -0.350 e. The van der Waals surface area contributed by atoms with E-state index in [-0.39, 0.29) is 5.91 Å². The third-order valence-corrected chi connectivity index (χ3v) is 5.60. The summed E-state index contributed by atoms with van der Waals surface area (Å²) in [5.74, 6) is 1.01. The van der Waals surface area contributed by atoms with Crippen molar-refractivity contribution < 1.29 is 9.69 Å². The zero-order chi connectivity index (χ0) is 18.1. The van der Waals surface area contributed by atoms with Crippen LogP contribution in [0.2, 0.25) is 0 Å². The van der Waals surface area contributed by atoms with Crippen LogP contribution in [-0.2, 0) is 11.3 Å². The van der Waals surface area contributed by atoms with Crippen LogP contribution in [-0.4, -0.2) is 38.1 Å². The van der Waals surface area contributed by atoms with Crippen LogP contribution in [0.3, 0.4) is 0 Å². The van der Waals surface area contributed by atoms with Gasteiger partial charge >= 0.3 is 0 Å². The summed E-state index contributed by atoms with van der Waals surface area (Å²) in [5.41, 5.74) is 2.53. The number of benzene rings is 2. The highest BCUT2D eigenvalue weighted by atomic mass is 32.2. The number of hydrogen-bond acceptors (Lipinski definition) is 3. The molecule has 2 aromatic rings. The van der Waals surface area contributed by atoms with E-state index in [0.29, 0.717) is 13.1 Å². The van der Waals surface area contributed by atoms with E-state index in [1.165, 1.54) is 25.8 Å². The minimum absolute atomic E-state index is 0.114. The van der Waals surface area contributed by atoms with Crippen LogP contribution in [0.15, 0.2) is 58.3 Å². The molecule has 1 atom stereocenters. The predicted molar refractivity (Wildman–Crippen MR) is 109 cm³/mol. The standard InChI is InChI=1S/C20H26N2OS2/c1-16-4-8-19(9-5-16)25-13-12-21-20(23)15-22(2)14-17-6-10-18(24-3)11-7-17/h4-11H,12-15H2,1-3H3,(H,21,23)/p+1. The Kier molecular flexibility index (Phi) is 8.38. The van der Waals surface area contributed by atoms with E-state index in [0.717, 1.165) is 12.3 Å². The maximum absolute atomic E-state index is 12.1. The van der Waals surface area contributed by atoms with E-state index < -0.39 is 0 Å². The van der Waals surface area contributed by atoms with E-state index in [1.807, 2.05) is 0 Å². The van der Waals surface area contributed by atoms with Gasteiger partial charge in [-0.3, -0.25) is 4.79 Å². The zero-order valence-electron chi connectivity index (χ0n) is 15.2. The number of likely N-dealkylation sites (N-methyl/N-ethyl adjacent to an activating group) is 1. The number of hydrogen-bond donors (Lipinski definition) is 2. The lowest BCUT2D eigenvalue weighted by atomic mass is 10.2. The molecular weight excluding hydrogens is 348 g/mol. The maximum Gasteiger partial charge on any atom is 0.275 e. The summed E-state index contributed by atoms with van der Waals surface area (Å²) < 4.78 is 0. The monoisotopic (exact) mass is 375 g/mol. The molecule has 0 aliphatic heterocycles. The fourth-order valence-electron chi connectivity index (χ4n) is 2.48.